The summed E-state index contributed by atoms with van der Waals surface area (Å²) in [4.78, 5) is 27.2. The highest BCUT2D eigenvalue weighted by Crippen LogP contribution is 2.22. The van der Waals surface area contributed by atoms with Crippen molar-refractivity contribution in [1.82, 2.24) is 9.80 Å². The molecule has 1 amide bonds. The molecule has 0 bridgehead atoms. The van der Waals surface area contributed by atoms with E-state index in [0.717, 1.165) is 18.8 Å². The smallest absolute Gasteiger partial charge is 0.306 e. The average molecular weight is 367 g/mol. The van der Waals surface area contributed by atoms with Crippen LogP contribution in [0.25, 0.3) is 0 Å². The number of hydrogen-bond donors (Lipinski definition) is 1. The summed E-state index contributed by atoms with van der Waals surface area (Å²) in [6, 6.07) is 7.36. The molecule has 3 rings (SSSR count). The van der Waals surface area contributed by atoms with E-state index in [9.17, 15) is 9.59 Å². The van der Waals surface area contributed by atoms with Gasteiger partial charge in [0.25, 0.3) is 0 Å². The number of rotatable bonds is 6. The van der Waals surface area contributed by atoms with E-state index in [1.807, 2.05) is 18.2 Å². The van der Waals surface area contributed by atoms with Crippen molar-refractivity contribution in [3.8, 4) is 5.75 Å². The van der Waals surface area contributed by atoms with Crippen LogP contribution in [0, 0.1) is 5.92 Å². The molecule has 1 aromatic rings. The minimum Gasteiger partial charge on any atom is -0.488 e. The number of carbonyl (C=O) groups excluding carboxylic acids is 1. The number of carbonyl (C=O) groups is 2. The molecule has 0 spiro atoms. The van der Waals surface area contributed by atoms with Crippen molar-refractivity contribution in [2.45, 2.75) is 25.4 Å². The molecule has 2 saturated heterocycles. The molecule has 25 heavy (non-hydrogen) atoms. The van der Waals surface area contributed by atoms with Crippen molar-refractivity contribution < 1.29 is 19.4 Å². The first-order valence-electron chi connectivity index (χ1n) is 8.66. The van der Waals surface area contributed by atoms with Crippen molar-refractivity contribution in [3.63, 3.8) is 0 Å². The van der Waals surface area contributed by atoms with Crippen molar-refractivity contribution >= 4 is 23.5 Å². The lowest BCUT2D eigenvalue weighted by Crippen LogP contribution is -2.54. The zero-order valence-electron chi connectivity index (χ0n) is 14.1. The van der Waals surface area contributed by atoms with Gasteiger partial charge in [-0.15, -0.1) is 0 Å². The lowest BCUT2D eigenvalue weighted by atomic mass is 9.97. The highest BCUT2D eigenvalue weighted by molar-refractivity contribution is 6.30. The molecule has 0 radical (unpaired) electrons. The van der Waals surface area contributed by atoms with E-state index in [1.54, 1.807) is 11.0 Å². The first kappa shape index (κ1) is 18.0. The molecule has 0 atom stereocenters. The minimum absolute atomic E-state index is 0.114. The molecular weight excluding hydrogens is 344 g/mol. The number of likely N-dealkylation sites (tertiary alicyclic amines) is 2. The van der Waals surface area contributed by atoms with Crippen LogP contribution in [-0.2, 0) is 9.59 Å². The number of aliphatic carboxylic acids is 1. The molecule has 1 aromatic carbocycles. The van der Waals surface area contributed by atoms with Crippen LogP contribution in [0.1, 0.15) is 19.3 Å². The number of carboxylic acids is 1. The van der Waals surface area contributed by atoms with Gasteiger partial charge < -0.3 is 14.7 Å². The van der Waals surface area contributed by atoms with E-state index in [1.165, 1.54) is 0 Å². The van der Waals surface area contributed by atoms with Gasteiger partial charge in [-0.3, -0.25) is 14.5 Å². The average Bonchev–Trinajstić information content (AvgIpc) is 2.56. The number of piperidine rings is 1. The maximum Gasteiger partial charge on any atom is 0.306 e. The Morgan fingerprint density at radius 2 is 1.96 bits per heavy atom. The van der Waals surface area contributed by atoms with Gasteiger partial charge in [-0.1, -0.05) is 17.7 Å². The lowest BCUT2D eigenvalue weighted by molar-refractivity contribution is -0.145. The van der Waals surface area contributed by atoms with Crippen LogP contribution in [0.3, 0.4) is 0 Å². The Kier molecular flexibility index (Phi) is 5.81. The lowest BCUT2D eigenvalue weighted by Gasteiger charge is -2.39. The van der Waals surface area contributed by atoms with E-state index in [-0.39, 0.29) is 17.9 Å². The predicted octanol–water partition coefficient (Wildman–Crippen LogP) is 2.12. The van der Waals surface area contributed by atoms with Crippen LogP contribution < -0.4 is 4.74 Å². The molecule has 0 aliphatic carbocycles. The number of benzene rings is 1. The van der Waals surface area contributed by atoms with Crippen LogP contribution in [0.5, 0.6) is 5.75 Å². The Bertz CT molecular complexity index is 625. The molecule has 0 saturated carbocycles. The normalized spacial score (nSPS) is 19.5. The summed E-state index contributed by atoms with van der Waals surface area (Å²) in [5.74, 6) is -0.167. The highest BCUT2D eigenvalue weighted by atomic mass is 35.5. The van der Waals surface area contributed by atoms with Gasteiger partial charge in [-0.05, 0) is 31.0 Å². The molecule has 2 fully saturated rings. The number of halogens is 1. The standard InChI is InChI=1S/C18H23ClN2O4/c19-14-2-1-3-15(10-14)25-16-11-20(12-16)7-6-17(22)21-8-4-13(5-9-21)18(23)24/h1-3,10,13,16H,4-9,11-12H2,(H,23,24). The summed E-state index contributed by atoms with van der Waals surface area (Å²) >= 11 is 5.94. The summed E-state index contributed by atoms with van der Waals surface area (Å²) < 4.78 is 5.84. The first-order valence-corrected chi connectivity index (χ1v) is 9.04. The molecule has 2 aliphatic heterocycles. The highest BCUT2D eigenvalue weighted by Gasteiger charge is 2.30. The van der Waals surface area contributed by atoms with E-state index < -0.39 is 5.97 Å². The second-order valence-electron chi connectivity index (χ2n) is 6.70. The second-order valence-corrected chi connectivity index (χ2v) is 7.14. The second kappa shape index (κ2) is 8.06. The third-order valence-corrected chi connectivity index (χ3v) is 5.10. The molecule has 136 valence electrons. The molecule has 2 heterocycles. The molecule has 7 heteroatoms. The van der Waals surface area contributed by atoms with Crippen molar-refractivity contribution in [3.05, 3.63) is 29.3 Å². The van der Waals surface area contributed by atoms with Gasteiger partial charge in [-0.2, -0.15) is 0 Å². The van der Waals surface area contributed by atoms with Gasteiger partial charge in [0.1, 0.15) is 11.9 Å². The fourth-order valence-corrected chi connectivity index (χ4v) is 3.48. The molecule has 2 aliphatic rings. The fraction of sp³-hybridized carbons (Fsp3) is 0.556. The third-order valence-electron chi connectivity index (χ3n) is 4.86. The zero-order valence-corrected chi connectivity index (χ0v) is 14.8. The summed E-state index contributed by atoms with van der Waals surface area (Å²) in [6.45, 7) is 3.43. The Balaban J connectivity index is 1.33. The van der Waals surface area contributed by atoms with Crippen molar-refractivity contribution in [2.24, 2.45) is 5.92 Å². The van der Waals surface area contributed by atoms with Crippen LogP contribution in [-0.4, -0.2) is 65.6 Å². The van der Waals surface area contributed by atoms with Gasteiger partial charge in [0, 0.05) is 44.2 Å². The van der Waals surface area contributed by atoms with Crippen LogP contribution in [0.2, 0.25) is 5.02 Å². The molecule has 6 nitrogen and oxygen atoms in total. The largest absolute Gasteiger partial charge is 0.488 e. The molecular formula is C18H23ClN2O4. The predicted molar refractivity (Wildman–Crippen MR) is 93.9 cm³/mol. The van der Waals surface area contributed by atoms with E-state index in [4.69, 9.17) is 21.4 Å². The van der Waals surface area contributed by atoms with Gasteiger partial charge in [0.2, 0.25) is 5.91 Å². The van der Waals surface area contributed by atoms with E-state index >= 15 is 0 Å². The topological polar surface area (TPSA) is 70.1 Å². The van der Waals surface area contributed by atoms with E-state index in [2.05, 4.69) is 4.90 Å². The summed E-state index contributed by atoms with van der Waals surface area (Å²) in [7, 11) is 0. The van der Waals surface area contributed by atoms with E-state index in [0.29, 0.717) is 43.9 Å². The third kappa shape index (κ3) is 4.86. The summed E-state index contributed by atoms with van der Waals surface area (Å²) in [5.41, 5.74) is 0. The first-order chi connectivity index (χ1) is 12.0. The van der Waals surface area contributed by atoms with Gasteiger partial charge in [0.15, 0.2) is 0 Å². The van der Waals surface area contributed by atoms with Crippen LogP contribution >= 0.6 is 11.6 Å². The number of carboxylic acid groups (broad SMARTS) is 1. The van der Waals surface area contributed by atoms with Gasteiger partial charge in [0.05, 0.1) is 5.92 Å². The van der Waals surface area contributed by atoms with Crippen LogP contribution in [0.15, 0.2) is 24.3 Å². The van der Waals surface area contributed by atoms with Crippen molar-refractivity contribution in [2.75, 3.05) is 32.7 Å². The van der Waals surface area contributed by atoms with Gasteiger partial charge >= 0.3 is 5.97 Å². The molecule has 0 aromatic heterocycles. The quantitative estimate of drug-likeness (QED) is 0.835. The SMILES string of the molecule is O=C(O)C1CCN(C(=O)CCN2CC(Oc3cccc(Cl)c3)C2)CC1. The molecule has 0 unspecified atom stereocenters. The Morgan fingerprint density at radius 3 is 2.60 bits per heavy atom. The fourth-order valence-electron chi connectivity index (χ4n) is 3.30. The molecule has 1 N–H and O–H groups in total. The van der Waals surface area contributed by atoms with Gasteiger partial charge in [-0.25, -0.2) is 0 Å². The summed E-state index contributed by atoms with van der Waals surface area (Å²) in [5, 5.41) is 9.65. The van der Waals surface area contributed by atoms with Crippen molar-refractivity contribution in [1.29, 1.82) is 0 Å². The monoisotopic (exact) mass is 366 g/mol. The zero-order chi connectivity index (χ0) is 17.8. The Labute approximate surface area is 152 Å². The van der Waals surface area contributed by atoms with Crippen LogP contribution in [0.4, 0.5) is 0 Å². The maximum atomic E-state index is 12.2. The number of ether oxygens (including phenoxy) is 1. The minimum atomic E-state index is -0.751. The Hall–Kier alpha value is -1.79. The maximum absolute atomic E-state index is 12.2. The Morgan fingerprint density at radius 1 is 1.24 bits per heavy atom. The summed E-state index contributed by atoms with van der Waals surface area (Å²) in [6.07, 6.45) is 1.72. The number of amides is 1. The number of nitrogens with zero attached hydrogens (tertiary/aromatic N) is 2. The number of hydrogen-bond acceptors (Lipinski definition) is 4.